The van der Waals surface area contributed by atoms with Gasteiger partial charge in [-0.15, -0.1) is 0 Å². The molecule has 0 radical (unpaired) electrons. The van der Waals surface area contributed by atoms with Crippen molar-refractivity contribution in [1.29, 1.82) is 0 Å². The molecule has 1 fully saturated rings. The number of hydrogen-bond donors (Lipinski definition) is 2. The maximum Gasteiger partial charge on any atom is 0.352 e. The van der Waals surface area contributed by atoms with Crippen molar-refractivity contribution in [3.63, 3.8) is 0 Å². The molecule has 1 saturated heterocycles. The van der Waals surface area contributed by atoms with E-state index in [2.05, 4.69) is 5.32 Å². The third-order valence-electron chi connectivity index (χ3n) is 5.49. The van der Waals surface area contributed by atoms with Crippen LogP contribution in [-0.4, -0.2) is 40.9 Å². The van der Waals surface area contributed by atoms with E-state index in [0.29, 0.717) is 29.2 Å². The summed E-state index contributed by atoms with van der Waals surface area (Å²) in [6.45, 7) is 3.08. The highest BCUT2D eigenvalue weighted by Crippen LogP contribution is 2.28. The Bertz CT molecular complexity index is 1090. The van der Waals surface area contributed by atoms with Gasteiger partial charge in [-0.25, -0.2) is 4.79 Å². The van der Waals surface area contributed by atoms with Crippen molar-refractivity contribution in [2.75, 3.05) is 18.5 Å². The van der Waals surface area contributed by atoms with Gasteiger partial charge in [0.15, 0.2) is 0 Å². The SMILES string of the molecule is Cc1c(C(=O)O)n(C)c2ccc(NC(=O)c3ccc(OC[C@@H]4CCCO4)cc3)cc12. The van der Waals surface area contributed by atoms with Gasteiger partial charge in [0.25, 0.3) is 5.91 Å². The van der Waals surface area contributed by atoms with E-state index in [-0.39, 0.29) is 17.7 Å². The lowest BCUT2D eigenvalue weighted by Crippen LogP contribution is -2.16. The Morgan fingerprint density at radius 3 is 2.67 bits per heavy atom. The zero-order valence-corrected chi connectivity index (χ0v) is 17.0. The van der Waals surface area contributed by atoms with Crippen LogP contribution in [0.4, 0.5) is 5.69 Å². The molecule has 1 aromatic heterocycles. The Balaban J connectivity index is 1.46. The lowest BCUT2D eigenvalue weighted by Gasteiger charge is -2.12. The number of hydrogen-bond acceptors (Lipinski definition) is 4. The molecule has 1 aliphatic heterocycles. The molecular weight excluding hydrogens is 384 g/mol. The zero-order valence-electron chi connectivity index (χ0n) is 17.0. The smallest absolute Gasteiger partial charge is 0.352 e. The molecule has 2 aromatic carbocycles. The summed E-state index contributed by atoms with van der Waals surface area (Å²) in [6, 6.07) is 12.4. The number of fused-ring (bicyclic) bond motifs is 1. The maximum atomic E-state index is 12.6. The third kappa shape index (κ3) is 3.89. The van der Waals surface area contributed by atoms with Crippen molar-refractivity contribution < 1.29 is 24.2 Å². The summed E-state index contributed by atoms with van der Waals surface area (Å²) in [5.41, 5.74) is 2.83. The van der Waals surface area contributed by atoms with Gasteiger partial charge < -0.3 is 24.5 Å². The molecule has 3 aromatic rings. The van der Waals surface area contributed by atoms with Gasteiger partial charge in [-0.2, -0.15) is 0 Å². The van der Waals surface area contributed by atoms with Crippen LogP contribution in [0.1, 0.15) is 39.3 Å². The lowest BCUT2D eigenvalue weighted by molar-refractivity contribution is 0.0679. The normalized spacial score (nSPS) is 16.0. The Morgan fingerprint density at radius 2 is 2.00 bits per heavy atom. The molecule has 30 heavy (non-hydrogen) atoms. The number of benzene rings is 2. The Kier molecular flexibility index (Phi) is 5.46. The van der Waals surface area contributed by atoms with Gasteiger partial charge >= 0.3 is 5.97 Å². The van der Waals surface area contributed by atoms with Crippen LogP contribution in [0, 0.1) is 6.92 Å². The van der Waals surface area contributed by atoms with E-state index in [1.165, 1.54) is 0 Å². The molecule has 4 rings (SSSR count). The number of ether oxygens (including phenoxy) is 2. The first-order chi connectivity index (χ1) is 14.4. The predicted octanol–water partition coefficient (Wildman–Crippen LogP) is 4.00. The monoisotopic (exact) mass is 408 g/mol. The second-order valence-corrected chi connectivity index (χ2v) is 7.49. The number of aryl methyl sites for hydroxylation is 2. The van der Waals surface area contributed by atoms with Crippen LogP contribution in [-0.2, 0) is 11.8 Å². The molecule has 0 unspecified atom stereocenters. The van der Waals surface area contributed by atoms with E-state index in [4.69, 9.17) is 9.47 Å². The van der Waals surface area contributed by atoms with E-state index < -0.39 is 5.97 Å². The number of carboxylic acid groups (broad SMARTS) is 1. The number of amides is 1. The van der Waals surface area contributed by atoms with Gasteiger partial charge in [-0.05, 0) is 67.8 Å². The van der Waals surface area contributed by atoms with E-state index >= 15 is 0 Å². The molecule has 0 aliphatic carbocycles. The molecule has 1 aliphatic rings. The second-order valence-electron chi connectivity index (χ2n) is 7.49. The average molecular weight is 408 g/mol. The molecule has 2 N–H and O–H groups in total. The van der Waals surface area contributed by atoms with Crippen molar-refractivity contribution in [1.82, 2.24) is 4.57 Å². The van der Waals surface area contributed by atoms with Crippen molar-refractivity contribution in [3.05, 3.63) is 59.3 Å². The first kappa shape index (κ1) is 20.0. The van der Waals surface area contributed by atoms with Gasteiger partial charge in [0.05, 0.1) is 6.10 Å². The average Bonchev–Trinajstić information content (AvgIpc) is 3.33. The summed E-state index contributed by atoms with van der Waals surface area (Å²) < 4.78 is 12.9. The number of carbonyl (C=O) groups is 2. The molecule has 7 heteroatoms. The fraction of sp³-hybridized carbons (Fsp3) is 0.304. The second kappa shape index (κ2) is 8.20. The summed E-state index contributed by atoms with van der Waals surface area (Å²) in [7, 11) is 1.72. The minimum atomic E-state index is -0.974. The zero-order chi connectivity index (χ0) is 21.3. The quantitative estimate of drug-likeness (QED) is 0.644. The maximum absolute atomic E-state index is 12.6. The van der Waals surface area contributed by atoms with Gasteiger partial charge in [0.1, 0.15) is 18.1 Å². The predicted molar refractivity (Wildman–Crippen MR) is 113 cm³/mol. The van der Waals surface area contributed by atoms with Crippen molar-refractivity contribution in [2.24, 2.45) is 7.05 Å². The van der Waals surface area contributed by atoms with Crippen LogP contribution in [0.15, 0.2) is 42.5 Å². The number of nitrogens with zero attached hydrogens (tertiary/aromatic N) is 1. The van der Waals surface area contributed by atoms with Crippen LogP contribution in [0.3, 0.4) is 0 Å². The number of carbonyl (C=O) groups excluding carboxylic acids is 1. The van der Waals surface area contributed by atoms with Crippen molar-refractivity contribution in [3.8, 4) is 5.75 Å². The summed E-state index contributed by atoms with van der Waals surface area (Å²) in [5, 5.41) is 13.1. The molecule has 0 bridgehead atoms. The van der Waals surface area contributed by atoms with Gasteiger partial charge in [-0.1, -0.05) is 0 Å². The molecule has 1 amide bonds. The highest BCUT2D eigenvalue weighted by atomic mass is 16.5. The summed E-state index contributed by atoms with van der Waals surface area (Å²) in [5.74, 6) is -0.518. The minimum absolute atomic E-state index is 0.144. The topological polar surface area (TPSA) is 89.8 Å². The Hall–Kier alpha value is -3.32. The van der Waals surface area contributed by atoms with Gasteiger partial charge in [-0.3, -0.25) is 4.79 Å². The van der Waals surface area contributed by atoms with Crippen molar-refractivity contribution >= 4 is 28.5 Å². The lowest BCUT2D eigenvalue weighted by atomic mass is 10.1. The Morgan fingerprint density at radius 1 is 1.23 bits per heavy atom. The molecule has 0 spiro atoms. The van der Waals surface area contributed by atoms with Crippen LogP contribution in [0.25, 0.3) is 10.9 Å². The fourth-order valence-corrected chi connectivity index (χ4v) is 3.88. The molecule has 0 saturated carbocycles. The molecule has 7 nitrogen and oxygen atoms in total. The standard InChI is InChI=1S/C23H24N2O5/c1-14-19-12-16(7-10-20(19)25(2)21(14)23(27)28)24-22(26)15-5-8-17(9-6-15)30-13-18-4-3-11-29-18/h5-10,12,18H,3-4,11,13H2,1-2H3,(H,24,26)(H,27,28)/t18-/m0/s1. The summed E-state index contributed by atoms with van der Waals surface area (Å²) in [6.07, 6.45) is 2.23. The van der Waals surface area contributed by atoms with Crippen LogP contribution >= 0.6 is 0 Å². The minimum Gasteiger partial charge on any atom is -0.491 e. The highest BCUT2D eigenvalue weighted by Gasteiger charge is 2.18. The molecular formula is C23H24N2O5. The number of aromatic nitrogens is 1. The molecule has 2 heterocycles. The largest absolute Gasteiger partial charge is 0.491 e. The first-order valence-electron chi connectivity index (χ1n) is 9.92. The van der Waals surface area contributed by atoms with Crippen molar-refractivity contribution in [2.45, 2.75) is 25.9 Å². The summed E-state index contributed by atoms with van der Waals surface area (Å²) >= 11 is 0. The van der Waals surface area contributed by atoms with E-state index in [1.54, 1.807) is 54.9 Å². The van der Waals surface area contributed by atoms with Crippen LogP contribution in [0.2, 0.25) is 0 Å². The first-order valence-corrected chi connectivity index (χ1v) is 9.92. The fourth-order valence-electron chi connectivity index (χ4n) is 3.88. The van der Waals surface area contributed by atoms with Crippen LogP contribution < -0.4 is 10.1 Å². The molecule has 156 valence electrons. The van der Waals surface area contributed by atoms with E-state index in [9.17, 15) is 14.7 Å². The highest BCUT2D eigenvalue weighted by molar-refractivity contribution is 6.06. The third-order valence-corrected chi connectivity index (χ3v) is 5.49. The number of carboxylic acids is 1. The summed E-state index contributed by atoms with van der Waals surface area (Å²) in [4.78, 5) is 24.1. The van der Waals surface area contributed by atoms with E-state index in [1.807, 2.05) is 6.07 Å². The number of rotatable bonds is 6. The van der Waals surface area contributed by atoms with E-state index in [0.717, 1.165) is 30.4 Å². The van der Waals surface area contributed by atoms with Gasteiger partial charge in [0.2, 0.25) is 0 Å². The van der Waals surface area contributed by atoms with Gasteiger partial charge in [0, 0.05) is 35.8 Å². The Labute approximate surface area is 174 Å². The van der Waals surface area contributed by atoms with Crippen LogP contribution in [0.5, 0.6) is 5.75 Å². The number of nitrogens with one attached hydrogen (secondary N) is 1. The number of anilines is 1. The molecule has 1 atom stereocenters. The number of aromatic carboxylic acids is 1.